The number of aliphatic imine (C=N–C) groups is 1. The Bertz CT molecular complexity index is 587. The van der Waals surface area contributed by atoms with Gasteiger partial charge in [-0.2, -0.15) is 4.90 Å². The van der Waals surface area contributed by atoms with Crippen LogP contribution in [0.25, 0.3) is 0 Å². The Hall–Kier alpha value is -1.50. The van der Waals surface area contributed by atoms with Gasteiger partial charge in [0, 0.05) is 18.7 Å². The Morgan fingerprint density at radius 1 is 1.45 bits per heavy atom. The Morgan fingerprint density at radius 3 is 2.60 bits per heavy atom. The van der Waals surface area contributed by atoms with E-state index < -0.39 is 0 Å². The van der Waals surface area contributed by atoms with Crippen molar-refractivity contribution < 1.29 is 4.57 Å². The Kier molecular flexibility index (Phi) is 6.06. The van der Waals surface area contributed by atoms with E-state index in [1.807, 2.05) is 54.8 Å². The maximum Gasteiger partial charge on any atom is 0.286 e. The molecule has 0 radical (unpaired) electrons. The van der Waals surface area contributed by atoms with Gasteiger partial charge in [0.15, 0.2) is 0 Å². The smallest absolute Gasteiger partial charge is 0.286 e. The lowest BCUT2D eigenvalue weighted by molar-refractivity contribution is -0.658. The molecule has 0 spiro atoms. The van der Waals surface area contributed by atoms with Crippen molar-refractivity contribution in [2.24, 2.45) is 12.0 Å². The first-order valence-corrected chi connectivity index (χ1v) is 7.26. The molecule has 0 fully saturated rings. The number of halogens is 1. The second-order valence-electron chi connectivity index (χ2n) is 4.37. The Balaban J connectivity index is 3.47. The van der Waals surface area contributed by atoms with Crippen LogP contribution in [-0.2, 0) is 7.05 Å². The molecule has 1 aromatic heterocycles. The highest BCUT2D eigenvalue weighted by molar-refractivity contribution is 14.1. The van der Waals surface area contributed by atoms with Crippen LogP contribution >= 0.6 is 22.6 Å². The van der Waals surface area contributed by atoms with Crippen molar-refractivity contribution in [1.29, 1.82) is 5.41 Å². The van der Waals surface area contributed by atoms with Gasteiger partial charge in [-0.25, -0.2) is 4.57 Å². The molecule has 0 aliphatic carbocycles. The molecule has 0 saturated heterocycles. The lowest BCUT2D eigenvalue weighted by Crippen LogP contribution is -2.38. The largest absolute Gasteiger partial charge is 0.304 e. The van der Waals surface area contributed by atoms with Crippen LogP contribution in [-0.4, -0.2) is 17.0 Å². The third kappa shape index (κ3) is 3.53. The van der Waals surface area contributed by atoms with Crippen molar-refractivity contribution in [3.05, 3.63) is 47.9 Å². The maximum absolute atomic E-state index is 7.52. The molecule has 0 aliphatic heterocycles. The number of hydrogen-bond donors (Lipinski definition) is 1. The minimum absolute atomic E-state index is 0.615. The average Bonchev–Trinajstić information content (AvgIpc) is 2.47. The second kappa shape index (κ2) is 7.33. The minimum Gasteiger partial charge on any atom is -0.304 e. The fourth-order valence-electron chi connectivity index (χ4n) is 1.83. The molecular formula is C15H20IN4+. The first-order chi connectivity index (χ1) is 9.43. The standard InChI is InChI=1S/C15H20IN4/c1-11(10-17)20(13(3)12(2)15(16)18-4)14-8-6-7-9-19(14)5/h6-10,17H,1H2,2-5H3/q+1/b13-12+,17-10?,18-15?. The molecule has 0 amide bonds. The molecule has 1 aromatic rings. The van der Waals surface area contributed by atoms with Crippen LogP contribution in [0.15, 0.2) is 52.9 Å². The number of pyridine rings is 1. The summed E-state index contributed by atoms with van der Waals surface area (Å²) in [6.45, 7) is 8.01. The molecule has 106 valence electrons. The highest BCUT2D eigenvalue weighted by Crippen LogP contribution is 2.23. The van der Waals surface area contributed by atoms with Crippen molar-refractivity contribution in [3.8, 4) is 0 Å². The van der Waals surface area contributed by atoms with E-state index >= 15 is 0 Å². The highest BCUT2D eigenvalue weighted by atomic mass is 127. The number of aryl methyl sites for hydroxylation is 1. The number of hydrogen-bond acceptors (Lipinski definition) is 3. The van der Waals surface area contributed by atoms with Crippen LogP contribution in [0.5, 0.6) is 0 Å². The summed E-state index contributed by atoms with van der Waals surface area (Å²) in [4.78, 5) is 6.18. The van der Waals surface area contributed by atoms with Crippen LogP contribution < -0.4 is 9.47 Å². The molecule has 0 bridgehead atoms. The molecule has 0 unspecified atom stereocenters. The predicted molar refractivity (Wildman–Crippen MR) is 93.8 cm³/mol. The molecular weight excluding hydrogens is 363 g/mol. The number of nitrogens with zero attached hydrogens (tertiary/aromatic N) is 3. The summed E-state index contributed by atoms with van der Waals surface area (Å²) in [5.41, 5.74) is 2.69. The summed E-state index contributed by atoms with van der Waals surface area (Å²) in [5, 5.41) is 7.52. The van der Waals surface area contributed by atoms with Gasteiger partial charge in [0.05, 0.1) is 19.5 Å². The van der Waals surface area contributed by atoms with Gasteiger partial charge in [0.25, 0.3) is 5.82 Å². The van der Waals surface area contributed by atoms with E-state index in [0.29, 0.717) is 5.70 Å². The summed E-state index contributed by atoms with van der Waals surface area (Å²) >= 11 is 2.22. The van der Waals surface area contributed by atoms with Gasteiger partial charge in [-0.1, -0.05) is 6.07 Å². The van der Waals surface area contributed by atoms with Crippen LogP contribution in [0.1, 0.15) is 13.8 Å². The zero-order chi connectivity index (χ0) is 15.3. The van der Waals surface area contributed by atoms with E-state index in [-0.39, 0.29) is 0 Å². The molecule has 5 heteroatoms. The van der Waals surface area contributed by atoms with Crippen LogP contribution in [0, 0.1) is 5.41 Å². The number of nitrogens with one attached hydrogen (secondary N) is 1. The lowest BCUT2D eigenvalue weighted by Gasteiger charge is -2.19. The van der Waals surface area contributed by atoms with Crippen molar-refractivity contribution in [3.63, 3.8) is 0 Å². The number of anilines is 1. The molecule has 0 aromatic carbocycles. The molecule has 0 saturated carbocycles. The average molecular weight is 383 g/mol. The van der Waals surface area contributed by atoms with E-state index in [2.05, 4.69) is 34.2 Å². The molecule has 0 aliphatic rings. The van der Waals surface area contributed by atoms with Crippen LogP contribution in [0.3, 0.4) is 0 Å². The van der Waals surface area contributed by atoms with E-state index in [1.165, 1.54) is 6.21 Å². The van der Waals surface area contributed by atoms with Crippen LogP contribution in [0.2, 0.25) is 0 Å². The van der Waals surface area contributed by atoms with Gasteiger partial charge < -0.3 is 5.41 Å². The Morgan fingerprint density at radius 2 is 2.10 bits per heavy atom. The van der Waals surface area contributed by atoms with Crippen molar-refractivity contribution >= 4 is 38.3 Å². The summed E-state index contributed by atoms with van der Waals surface area (Å²) in [6.07, 6.45) is 3.24. The van der Waals surface area contributed by atoms with Gasteiger partial charge >= 0.3 is 0 Å². The fourth-order valence-corrected chi connectivity index (χ4v) is 2.22. The minimum atomic E-state index is 0.615. The third-order valence-electron chi connectivity index (χ3n) is 3.09. The van der Waals surface area contributed by atoms with Gasteiger partial charge in [-0.05, 0) is 49.1 Å². The summed E-state index contributed by atoms with van der Waals surface area (Å²) in [7, 11) is 3.75. The topological polar surface area (TPSA) is 43.3 Å². The SMILES string of the molecule is C=C(C=N)N(/C(C)=C(\C)C(I)=NC)c1cccc[n+]1C. The number of aromatic nitrogens is 1. The molecule has 4 nitrogen and oxygen atoms in total. The van der Waals surface area contributed by atoms with Gasteiger partial charge in [-0.3, -0.25) is 4.99 Å². The number of allylic oxidation sites excluding steroid dienone is 3. The van der Waals surface area contributed by atoms with Crippen molar-refractivity contribution in [2.75, 3.05) is 11.9 Å². The van der Waals surface area contributed by atoms with Gasteiger partial charge in [0.1, 0.15) is 15.1 Å². The Labute approximate surface area is 134 Å². The van der Waals surface area contributed by atoms with E-state index in [4.69, 9.17) is 5.41 Å². The van der Waals surface area contributed by atoms with Crippen LogP contribution in [0.4, 0.5) is 5.82 Å². The van der Waals surface area contributed by atoms with Gasteiger partial charge in [-0.15, -0.1) is 0 Å². The monoisotopic (exact) mass is 383 g/mol. The second-order valence-corrected chi connectivity index (χ2v) is 5.39. The molecule has 0 atom stereocenters. The normalized spacial score (nSPS) is 12.8. The maximum atomic E-state index is 7.52. The first kappa shape index (κ1) is 16.6. The molecule has 1 heterocycles. The van der Waals surface area contributed by atoms with E-state index in [0.717, 1.165) is 20.8 Å². The molecule has 1 rings (SSSR count). The zero-order valence-electron chi connectivity index (χ0n) is 12.3. The molecule has 1 N–H and O–H groups in total. The number of rotatable bonds is 5. The van der Waals surface area contributed by atoms with E-state index in [9.17, 15) is 0 Å². The zero-order valence-corrected chi connectivity index (χ0v) is 14.5. The fraction of sp³-hybridized carbons (Fsp3) is 0.267. The third-order valence-corrected chi connectivity index (χ3v) is 4.39. The highest BCUT2D eigenvalue weighted by Gasteiger charge is 2.24. The lowest BCUT2D eigenvalue weighted by atomic mass is 10.2. The summed E-state index contributed by atoms with van der Waals surface area (Å²) in [5.74, 6) is 0.957. The summed E-state index contributed by atoms with van der Waals surface area (Å²) < 4.78 is 2.95. The summed E-state index contributed by atoms with van der Waals surface area (Å²) in [6, 6.07) is 5.94. The quantitative estimate of drug-likeness (QED) is 0.474. The molecule has 20 heavy (non-hydrogen) atoms. The van der Waals surface area contributed by atoms with Crippen molar-refractivity contribution in [2.45, 2.75) is 13.8 Å². The first-order valence-electron chi connectivity index (χ1n) is 6.18. The predicted octanol–water partition coefficient (Wildman–Crippen LogP) is 3.24. The van der Waals surface area contributed by atoms with Gasteiger partial charge in [0.2, 0.25) is 0 Å². The van der Waals surface area contributed by atoms with E-state index in [1.54, 1.807) is 7.05 Å². The van der Waals surface area contributed by atoms with Crippen molar-refractivity contribution in [1.82, 2.24) is 0 Å².